The summed E-state index contributed by atoms with van der Waals surface area (Å²) in [5.74, 6) is 1.08. The zero-order chi connectivity index (χ0) is 13.7. The second-order valence-corrected chi connectivity index (χ2v) is 4.84. The summed E-state index contributed by atoms with van der Waals surface area (Å²) in [6, 6.07) is 3.90. The summed E-state index contributed by atoms with van der Waals surface area (Å²) in [4.78, 5) is 14.1. The van der Waals surface area contributed by atoms with Gasteiger partial charge in [0.1, 0.15) is 5.75 Å². The van der Waals surface area contributed by atoms with Gasteiger partial charge in [-0.3, -0.25) is 4.79 Å². The quantitative estimate of drug-likeness (QED) is 0.726. The van der Waals surface area contributed by atoms with E-state index >= 15 is 0 Å². The fraction of sp³-hybridized carbons (Fsp3) is 0.533. The average molecular weight is 249 g/mol. The van der Waals surface area contributed by atoms with E-state index in [0.29, 0.717) is 13.0 Å². The SMILES string of the molecule is CCOc1cc(C)c(C(=O)CCN(C)C)cc1C. The van der Waals surface area contributed by atoms with Crippen LogP contribution >= 0.6 is 0 Å². The predicted molar refractivity (Wildman–Crippen MR) is 74.6 cm³/mol. The fourth-order valence-corrected chi connectivity index (χ4v) is 1.86. The van der Waals surface area contributed by atoms with Crippen LogP contribution in [0.15, 0.2) is 12.1 Å². The minimum Gasteiger partial charge on any atom is -0.494 e. The van der Waals surface area contributed by atoms with Gasteiger partial charge in [-0.1, -0.05) is 0 Å². The van der Waals surface area contributed by atoms with Gasteiger partial charge < -0.3 is 9.64 Å². The number of ketones is 1. The Labute approximate surface area is 110 Å². The molecule has 0 aliphatic rings. The van der Waals surface area contributed by atoms with Crippen LogP contribution in [0.1, 0.15) is 34.8 Å². The van der Waals surface area contributed by atoms with Crippen LogP contribution in [-0.4, -0.2) is 37.9 Å². The summed E-state index contributed by atoms with van der Waals surface area (Å²) in [5.41, 5.74) is 2.83. The third kappa shape index (κ3) is 3.84. The first-order valence-corrected chi connectivity index (χ1v) is 6.37. The number of rotatable bonds is 6. The first kappa shape index (κ1) is 14.7. The van der Waals surface area contributed by atoms with Crippen molar-refractivity contribution in [1.29, 1.82) is 0 Å². The highest BCUT2D eigenvalue weighted by Crippen LogP contribution is 2.23. The van der Waals surface area contributed by atoms with E-state index in [4.69, 9.17) is 4.74 Å². The van der Waals surface area contributed by atoms with Gasteiger partial charge >= 0.3 is 0 Å². The van der Waals surface area contributed by atoms with Crippen LogP contribution < -0.4 is 4.74 Å². The number of aryl methyl sites for hydroxylation is 2. The third-order valence-electron chi connectivity index (χ3n) is 2.91. The molecule has 0 aliphatic carbocycles. The normalized spacial score (nSPS) is 10.8. The number of nitrogens with zero attached hydrogens (tertiary/aromatic N) is 1. The van der Waals surface area contributed by atoms with E-state index in [2.05, 4.69) is 0 Å². The average Bonchev–Trinajstić information content (AvgIpc) is 2.30. The molecule has 100 valence electrons. The highest BCUT2D eigenvalue weighted by atomic mass is 16.5. The summed E-state index contributed by atoms with van der Waals surface area (Å²) in [5, 5.41) is 0. The van der Waals surface area contributed by atoms with Crippen LogP contribution in [-0.2, 0) is 0 Å². The summed E-state index contributed by atoms with van der Waals surface area (Å²) in [6.45, 7) is 7.33. The Morgan fingerprint density at radius 3 is 2.44 bits per heavy atom. The van der Waals surface area contributed by atoms with Crippen molar-refractivity contribution >= 4 is 5.78 Å². The maximum absolute atomic E-state index is 12.1. The van der Waals surface area contributed by atoms with Gasteiger partial charge in [-0.2, -0.15) is 0 Å². The van der Waals surface area contributed by atoms with Gasteiger partial charge in [0.25, 0.3) is 0 Å². The largest absolute Gasteiger partial charge is 0.494 e. The molecule has 3 heteroatoms. The minimum absolute atomic E-state index is 0.201. The van der Waals surface area contributed by atoms with E-state index in [9.17, 15) is 4.79 Å². The minimum atomic E-state index is 0.201. The molecule has 1 aromatic carbocycles. The van der Waals surface area contributed by atoms with Crippen molar-refractivity contribution in [2.75, 3.05) is 27.2 Å². The molecule has 0 saturated carbocycles. The molecule has 3 nitrogen and oxygen atoms in total. The monoisotopic (exact) mass is 249 g/mol. The van der Waals surface area contributed by atoms with E-state index in [1.165, 1.54) is 0 Å². The van der Waals surface area contributed by atoms with Crippen molar-refractivity contribution in [3.8, 4) is 5.75 Å². The van der Waals surface area contributed by atoms with E-state index in [0.717, 1.165) is 29.0 Å². The number of Topliss-reactive ketones (excluding diaryl/α,β-unsaturated/α-hetero) is 1. The van der Waals surface area contributed by atoms with Gasteiger partial charge in [0.2, 0.25) is 0 Å². The first-order valence-electron chi connectivity index (χ1n) is 6.37. The second-order valence-electron chi connectivity index (χ2n) is 4.84. The highest BCUT2D eigenvalue weighted by molar-refractivity contribution is 5.98. The van der Waals surface area contributed by atoms with Gasteiger partial charge in [-0.05, 0) is 58.1 Å². The topological polar surface area (TPSA) is 29.5 Å². The molecule has 0 saturated heterocycles. The van der Waals surface area contributed by atoms with Gasteiger partial charge in [0.05, 0.1) is 6.61 Å². The number of carbonyl (C=O) groups excluding carboxylic acids is 1. The second kappa shape index (κ2) is 6.55. The maximum atomic E-state index is 12.1. The lowest BCUT2D eigenvalue weighted by atomic mass is 9.99. The lowest BCUT2D eigenvalue weighted by molar-refractivity contribution is 0.0972. The van der Waals surface area contributed by atoms with E-state index in [1.54, 1.807) is 0 Å². The van der Waals surface area contributed by atoms with Crippen molar-refractivity contribution < 1.29 is 9.53 Å². The first-order chi connectivity index (χ1) is 8.45. The number of ether oxygens (including phenoxy) is 1. The van der Waals surface area contributed by atoms with Crippen molar-refractivity contribution in [2.45, 2.75) is 27.2 Å². The Morgan fingerprint density at radius 1 is 1.22 bits per heavy atom. The molecule has 0 unspecified atom stereocenters. The predicted octanol–water partition coefficient (Wildman–Crippen LogP) is 2.84. The van der Waals surface area contributed by atoms with Crippen LogP contribution in [0, 0.1) is 13.8 Å². The summed E-state index contributed by atoms with van der Waals surface area (Å²) in [7, 11) is 3.95. The van der Waals surface area contributed by atoms with E-state index in [1.807, 2.05) is 51.9 Å². The summed E-state index contributed by atoms with van der Waals surface area (Å²) >= 11 is 0. The molecule has 0 amide bonds. The molecule has 0 heterocycles. The number of benzene rings is 1. The third-order valence-corrected chi connectivity index (χ3v) is 2.91. The Balaban J connectivity index is 2.89. The molecule has 0 fully saturated rings. The van der Waals surface area contributed by atoms with Gasteiger partial charge in [0, 0.05) is 18.5 Å². The Bertz CT molecular complexity index is 425. The molecule has 0 aromatic heterocycles. The molecule has 1 aromatic rings. The van der Waals surface area contributed by atoms with Gasteiger partial charge in [-0.15, -0.1) is 0 Å². The van der Waals surface area contributed by atoms with Crippen molar-refractivity contribution in [1.82, 2.24) is 4.90 Å². The molecule has 0 N–H and O–H groups in total. The molecule has 0 aliphatic heterocycles. The van der Waals surface area contributed by atoms with Crippen LogP contribution in [0.2, 0.25) is 0 Å². The standard InChI is InChI=1S/C15H23NO2/c1-6-18-15-10-11(2)13(9-12(15)3)14(17)7-8-16(4)5/h9-10H,6-8H2,1-5H3. The van der Waals surface area contributed by atoms with Gasteiger partial charge in [-0.25, -0.2) is 0 Å². The number of hydrogen-bond acceptors (Lipinski definition) is 3. The fourth-order valence-electron chi connectivity index (χ4n) is 1.86. The lowest BCUT2D eigenvalue weighted by Gasteiger charge is -2.13. The molecule has 0 atom stereocenters. The Hall–Kier alpha value is -1.35. The molecular formula is C15H23NO2. The molecule has 0 bridgehead atoms. The van der Waals surface area contributed by atoms with E-state index < -0.39 is 0 Å². The zero-order valence-electron chi connectivity index (χ0n) is 12.0. The van der Waals surface area contributed by atoms with Crippen LogP contribution in [0.4, 0.5) is 0 Å². The van der Waals surface area contributed by atoms with Crippen molar-refractivity contribution in [3.63, 3.8) is 0 Å². The Morgan fingerprint density at radius 2 is 1.89 bits per heavy atom. The Kier molecular flexibility index (Phi) is 5.35. The zero-order valence-corrected chi connectivity index (χ0v) is 12.0. The van der Waals surface area contributed by atoms with Gasteiger partial charge in [0.15, 0.2) is 5.78 Å². The molecule has 0 spiro atoms. The number of carbonyl (C=O) groups is 1. The number of hydrogen-bond donors (Lipinski definition) is 0. The van der Waals surface area contributed by atoms with Crippen molar-refractivity contribution in [3.05, 3.63) is 28.8 Å². The summed E-state index contributed by atoms with van der Waals surface area (Å²) < 4.78 is 5.53. The lowest BCUT2D eigenvalue weighted by Crippen LogP contribution is -2.17. The van der Waals surface area contributed by atoms with Crippen LogP contribution in [0.25, 0.3) is 0 Å². The smallest absolute Gasteiger partial charge is 0.164 e. The molecular weight excluding hydrogens is 226 g/mol. The molecule has 18 heavy (non-hydrogen) atoms. The van der Waals surface area contributed by atoms with Crippen LogP contribution in [0.5, 0.6) is 5.75 Å². The maximum Gasteiger partial charge on any atom is 0.164 e. The van der Waals surface area contributed by atoms with Crippen molar-refractivity contribution in [2.24, 2.45) is 0 Å². The molecule has 0 radical (unpaired) electrons. The van der Waals surface area contributed by atoms with Crippen LogP contribution in [0.3, 0.4) is 0 Å². The summed E-state index contributed by atoms with van der Waals surface area (Å²) in [6.07, 6.45) is 0.557. The molecule has 1 rings (SSSR count). The highest BCUT2D eigenvalue weighted by Gasteiger charge is 2.12. The van der Waals surface area contributed by atoms with E-state index in [-0.39, 0.29) is 5.78 Å².